The fourth-order valence-corrected chi connectivity index (χ4v) is 2.35. The summed E-state index contributed by atoms with van der Waals surface area (Å²) in [5.74, 6) is 2.92. The summed E-state index contributed by atoms with van der Waals surface area (Å²) in [5.41, 5.74) is 0.982. The van der Waals surface area contributed by atoms with E-state index >= 15 is 0 Å². The molecule has 1 saturated carbocycles. The van der Waals surface area contributed by atoms with Gasteiger partial charge >= 0.3 is 0 Å². The van der Waals surface area contributed by atoms with E-state index in [2.05, 4.69) is 37.7 Å². The third kappa shape index (κ3) is 2.61. The highest BCUT2D eigenvalue weighted by Gasteiger charge is 2.32. The monoisotopic (exact) mass is 267 g/mol. The zero-order valence-electron chi connectivity index (χ0n) is 11.9. The zero-order chi connectivity index (χ0) is 13.4. The molecule has 4 heteroatoms. The molecule has 1 heterocycles. The average molecular weight is 268 g/mol. The van der Waals surface area contributed by atoms with Crippen molar-refractivity contribution < 1.29 is 0 Å². The first-order valence-electron chi connectivity index (χ1n) is 6.68. The Balaban J connectivity index is 2.35. The number of anilines is 1. The maximum atomic E-state index is 6.23. The Morgan fingerprint density at radius 1 is 1.22 bits per heavy atom. The largest absolute Gasteiger partial charge is 0.356 e. The van der Waals surface area contributed by atoms with Crippen molar-refractivity contribution in [1.82, 2.24) is 9.97 Å². The summed E-state index contributed by atoms with van der Waals surface area (Å²) < 4.78 is 0. The van der Waals surface area contributed by atoms with Crippen molar-refractivity contribution in [3.05, 3.63) is 16.5 Å². The minimum absolute atomic E-state index is 0.298. The van der Waals surface area contributed by atoms with E-state index in [-0.39, 0.29) is 0 Å². The van der Waals surface area contributed by atoms with Gasteiger partial charge in [-0.1, -0.05) is 25.4 Å². The highest BCUT2D eigenvalue weighted by molar-refractivity contribution is 6.30. The molecule has 0 saturated heterocycles. The SMILES string of the molecule is Cc1c(Cl)nc(C(C)C)nc1N(C)C(C)C1CC1. The summed E-state index contributed by atoms with van der Waals surface area (Å²) >= 11 is 6.23. The van der Waals surface area contributed by atoms with Gasteiger partial charge in [0.25, 0.3) is 0 Å². The molecule has 1 aliphatic rings. The minimum atomic E-state index is 0.298. The van der Waals surface area contributed by atoms with E-state index in [4.69, 9.17) is 16.6 Å². The van der Waals surface area contributed by atoms with Gasteiger partial charge in [0.1, 0.15) is 16.8 Å². The normalized spacial score (nSPS) is 17.1. The summed E-state index contributed by atoms with van der Waals surface area (Å²) in [6.45, 7) is 8.45. The number of rotatable bonds is 4. The van der Waals surface area contributed by atoms with Gasteiger partial charge in [-0.2, -0.15) is 0 Å². The van der Waals surface area contributed by atoms with Crippen LogP contribution in [0.4, 0.5) is 5.82 Å². The summed E-state index contributed by atoms with van der Waals surface area (Å²) in [6.07, 6.45) is 2.67. The first kappa shape index (κ1) is 13.6. The third-order valence-corrected chi connectivity index (χ3v) is 4.21. The Kier molecular flexibility index (Phi) is 3.81. The molecule has 0 N–H and O–H groups in total. The molecule has 18 heavy (non-hydrogen) atoms. The van der Waals surface area contributed by atoms with Crippen LogP contribution in [0.15, 0.2) is 0 Å². The van der Waals surface area contributed by atoms with Crippen LogP contribution in [0.2, 0.25) is 5.15 Å². The zero-order valence-corrected chi connectivity index (χ0v) is 12.6. The molecule has 0 bridgehead atoms. The molecule has 0 radical (unpaired) electrons. The lowest BCUT2D eigenvalue weighted by atomic mass is 10.1. The second kappa shape index (κ2) is 5.04. The van der Waals surface area contributed by atoms with Gasteiger partial charge < -0.3 is 4.90 Å². The van der Waals surface area contributed by atoms with Crippen molar-refractivity contribution >= 4 is 17.4 Å². The first-order chi connectivity index (χ1) is 8.41. The van der Waals surface area contributed by atoms with Crippen LogP contribution in [0.1, 0.15) is 50.9 Å². The standard InChI is InChI=1S/C14H22ClN3/c1-8(2)13-16-12(15)9(3)14(17-13)18(5)10(4)11-6-7-11/h8,10-11H,6-7H2,1-5H3. The van der Waals surface area contributed by atoms with Crippen LogP contribution >= 0.6 is 11.6 Å². The van der Waals surface area contributed by atoms with E-state index in [9.17, 15) is 0 Å². The lowest BCUT2D eigenvalue weighted by Crippen LogP contribution is -2.32. The number of halogens is 1. The molecule has 0 amide bonds. The maximum Gasteiger partial charge on any atom is 0.137 e. The molecular formula is C14H22ClN3. The Morgan fingerprint density at radius 2 is 1.83 bits per heavy atom. The molecule has 1 aliphatic carbocycles. The molecule has 1 aromatic heterocycles. The second-order valence-electron chi connectivity index (χ2n) is 5.66. The summed E-state index contributed by atoms with van der Waals surface area (Å²) in [5, 5.41) is 0.582. The number of hydrogen-bond acceptors (Lipinski definition) is 3. The lowest BCUT2D eigenvalue weighted by Gasteiger charge is -2.28. The molecular weight excluding hydrogens is 246 g/mol. The second-order valence-corrected chi connectivity index (χ2v) is 6.02. The smallest absolute Gasteiger partial charge is 0.137 e. The fraction of sp³-hybridized carbons (Fsp3) is 0.714. The molecule has 0 spiro atoms. The molecule has 1 fully saturated rings. The Bertz CT molecular complexity index is 441. The highest BCUT2D eigenvalue weighted by atomic mass is 35.5. The minimum Gasteiger partial charge on any atom is -0.356 e. The van der Waals surface area contributed by atoms with E-state index in [1.807, 2.05) is 6.92 Å². The Hall–Kier alpha value is -0.830. The van der Waals surface area contributed by atoms with Crippen molar-refractivity contribution in [2.75, 3.05) is 11.9 Å². The van der Waals surface area contributed by atoms with Gasteiger partial charge in [0.05, 0.1) is 0 Å². The molecule has 1 atom stereocenters. The Labute approximate surface area is 115 Å². The molecule has 100 valence electrons. The van der Waals surface area contributed by atoms with Crippen molar-refractivity contribution in [2.45, 2.75) is 52.5 Å². The van der Waals surface area contributed by atoms with Crippen LogP contribution in [0.5, 0.6) is 0 Å². The van der Waals surface area contributed by atoms with Crippen LogP contribution in [0.25, 0.3) is 0 Å². The van der Waals surface area contributed by atoms with Crippen LogP contribution in [0.3, 0.4) is 0 Å². The molecule has 1 aromatic rings. The summed E-state index contributed by atoms with van der Waals surface area (Å²) in [4.78, 5) is 11.3. The molecule has 0 aliphatic heterocycles. The van der Waals surface area contributed by atoms with Gasteiger partial charge in [-0.3, -0.25) is 0 Å². The van der Waals surface area contributed by atoms with Gasteiger partial charge in [-0.15, -0.1) is 0 Å². The predicted molar refractivity (Wildman–Crippen MR) is 76.5 cm³/mol. The average Bonchev–Trinajstić information content (AvgIpc) is 3.14. The van der Waals surface area contributed by atoms with E-state index < -0.39 is 0 Å². The Morgan fingerprint density at radius 3 is 2.33 bits per heavy atom. The van der Waals surface area contributed by atoms with E-state index in [1.54, 1.807) is 0 Å². The van der Waals surface area contributed by atoms with Crippen LogP contribution in [-0.4, -0.2) is 23.1 Å². The molecule has 0 aromatic carbocycles. The third-order valence-electron chi connectivity index (χ3n) is 3.84. The summed E-state index contributed by atoms with van der Waals surface area (Å²) in [7, 11) is 2.11. The molecule has 2 rings (SSSR count). The predicted octanol–water partition coefficient (Wildman–Crippen LogP) is 3.80. The molecule has 1 unspecified atom stereocenters. The van der Waals surface area contributed by atoms with Crippen molar-refractivity contribution in [3.63, 3.8) is 0 Å². The lowest BCUT2D eigenvalue weighted by molar-refractivity contribution is 0.599. The highest BCUT2D eigenvalue weighted by Crippen LogP contribution is 2.37. The fourth-order valence-electron chi connectivity index (χ4n) is 2.18. The van der Waals surface area contributed by atoms with Crippen molar-refractivity contribution in [2.24, 2.45) is 5.92 Å². The van der Waals surface area contributed by atoms with Crippen molar-refractivity contribution in [3.8, 4) is 0 Å². The van der Waals surface area contributed by atoms with Gasteiger partial charge in [0.15, 0.2) is 0 Å². The van der Waals surface area contributed by atoms with Crippen molar-refractivity contribution in [1.29, 1.82) is 0 Å². The number of hydrogen-bond donors (Lipinski definition) is 0. The van der Waals surface area contributed by atoms with Crippen LogP contribution in [0, 0.1) is 12.8 Å². The van der Waals surface area contributed by atoms with Gasteiger partial charge in [-0.05, 0) is 32.6 Å². The van der Waals surface area contributed by atoms with Gasteiger partial charge in [-0.25, -0.2) is 9.97 Å². The summed E-state index contributed by atoms with van der Waals surface area (Å²) in [6, 6.07) is 0.523. The van der Waals surface area contributed by atoms with E-state index in [1.165, 1.54) is 12.8 Å². The van der Waals surface area contributed by atoms with Crippen LogP contribution < -0.4 is 4.90 Å². The number of aromatic nitrogens is 2. The van der Waals surface area contributed by atoms with Gasteiger partial charge in [0, 0.05) is 24.6 Å². The van der Waals surface area contributed by atoms with E-state index in [0.717, 1.165) is 23.1 Å². The number of nitrogens with zero attached hydrogens (tertiary/aromatic N) is 3. The quantitative estimate of drug-likeness (QED) is 0.777. The maximum absolute atomic E-state index is 6.23. The first-order valence-corrected chi connectivity index (χ1v) is 7.06. The van der Waals surface area contributed by atoms with Crippen LogP contribution in [-0.2, 0) is 0 Å². The van der Waals surface area contributed by atoms with E-state index in [0.29, 0.717) is 17.1 Å². The van der Waals surface area contributed by atoms with Gasteiger partial charge in [0.2, 0.25) is 0 Å². The molecule has 3 nitrogen and oxygen atoms in total. The topological polar surface area (TPSA) is 29.0 Å².